The Bertz CT molecular complexity index is 866. The van der Waals surface area contributed by atoms with Gasteiger partial charge < -0.3 is 0 Å². The van der Waals surface area contributed by atoms with Crippen molar-refractivity contribution in [3.63, 3.8) is 0 Å². The van der Waals surface area contributed by atoms with Crippen LogP contribution in [0.5, 0.6) is 0 Å². The molecule has 1 aliphatic carbocycles. The number of fused-ring (bicyclic) bond motifs is 3. The molecule has 0 amide bonds. The van der Waals surface area contributed by atoms with Crippen LogP contribution < -0.4 is 0 Å². The molecular weight excluding hydrogens is 290 g/mol. The van der Waals surface area contributed by atoms with Gasteiger partial charge in [-0.25, -0.2) is 0 Å². The molecule has 0 atom stereocenters. The molecule has 0 unspecified atom stereocenters. The zero-order chi connectivity index (χ0) is 15.3. The zero-order valence-corrected chi connectivity index (χ0v) is 13.4. The lowest BCUT2D eigenvalue weighted by Gasteiger charge is -2.21. The van der Waals surface area contributed by atoms with Gasteiger partial charge in [-0.3, -0.25) is 4.98 Å². The number of rotatable bonds is 1. The van der Waals surface area contributed by atoms with E-state index in [-0.39, 0.29) is 5.41 Å². The van der Waals surface area contributed by atoms with Gasteiger partial charge in [0, 0.05) is 28.4 Å². The van der Waals surface area contributed by atoms with E-state index < -0.39 is 0 Å². The van der Waals surface area contributed by atoms with E-state index in [0.717, 1.165) is 10.6 Å². The monoisotopic (exact) mass is 305 g/mol. The van der Waals surface area contributed by atoms with Gasteiger partial charge >= 0.3 is 0 Å². The summed E-state index contributed by atoms with van der Waals surface area (Å²) in [6.45, 7) is 4.55. The molecule has 3 aromatic rings. The highest BCUT2D eigenvalue weighted by molar-refractivity contribution is 6.31. The molecule has 1 aliphatic rings. The highest BCUT2D eigenvalue weighted by Gasteiger charge is 2.35. The third-order valence-electron chi connectivity index (χ3n) is 4.63. The minimum absolute atomic E-state index is 0.0166. The summed E-state index contributed by atoms with van der Waals surface area (Å²) in [5, 5.41) is 0.786. The van der Waals surface area contributed by atoms with E-state index in [1.54, 1.807) is 6.20 Å². The zero-order valence-electron chi connectivity index (χ0n) is 12.6. The molecule has 0 bridgehead atoms. The molecule has 108 valence electrons. The summed E-state index contributed by atoms with van der Waals surface area (Å²) in [4.78, 5) is 4.22. The molecule has 1 nitrogen and oxygen atoms in total. The molecule has 1 aromatic heterocycles. The summed E-state index contributed by atoms with van der Waals surface area (Å²) in [5.74, 6) is 0. The lowest BCUT2D eigenvalue weighted by molar-refractivity contribution is 0.660. The average molecular weight is 306 g/mol. The highest BCUT2D eigenvalue weighted by Crippen LogP contribution is 2.50. The largest absolute Gasteiger partial charge is 0.264 e. The van der Waals surface area contributed by atoms with Crippen LogP contribution in [0.1, 0.15) is 25.0 Å². The van der Waals surface area contributed by atoms with E-state index in [1.807, 2.05) is 18.3 Å². The lowest BCUT2D eigenvalue weighted by atomic mass is 9.82. The van der Waals surface area contributed by atoms with E-state index in [9.17, 15) is 0 Å². The summed E-state index contributed by atoms with van der Waals surface area (Å²) in [6, 6.07) is 17.0. The first kappa shape index (κ1) is 13.5. The van der Waals surface area contributed by atoms with Crippen molar-refractivity contribution in [2.45, 2.75) is 19.3 Å². The first-order valence-electron chi connectivity index (χ1n) is 7.43. The number of benzene rings is 2. The minimum Gasteiger partial charge on any atom is -0.264 e. The van der Waals surface area contributed by atoms with Crippen molar-refractivity contribution in [1.82, 2.24) is 4.98 Å². The second-order valence-electron chi connectivity index (χ2n) is 6.32. The maximum absolute atomic E-state index is 6.23. The number of halogens is 1. The summed E-state index contributed by atoms with van der Waals surface area (Å²) in [6.07, 6.45) is 3.70. The standard InChI is InChI=1S/C20H16ClN/c1-20(2)18-7-5-13(14-4-3-9-22-12-14)10-16(18)17-11-15(21)6-8-19(17)20/h3-12H,1-2H3. The van der Waals surface area contributed by atoms with Crippen LogP contribution in [0, 0.1) is 0 Å². The van der Waals surface area contributed by atoms with E-state index in [4.69, 9.17) is 11.6 Å². The van der Waals surface area contributed by atoms with E-state index in [0.29, 0.717) is 0 Å². The molecule has 0 fully saturated rings. The van der Waals surface area contributed by atoms with Gasteiger partial charge in [-0.1, -0.05) is 49.7 Å². The molecule has 22 heavy (non-hydrogen) atoms. The molecule has 1 heterocycles. The minimum atomic E-state index is 0.0166. The van der Waals surface area contributed by atoms with Crippen LogP contribution >= 0.6 is 11.6 Å². The fraction of sp³-hybridized carbons (Fsp3) is 0.150. The van der Waals surface area contributed by atoms with Gasteiger partial charge in [0.1, 0.15) is 0 Å². The molecule has 0 N–H and O–H groups in total. The predicted molar refractivity (Wildman–Crippen MR) is 92.2 cm³/mol. The van der Waals surface area contributed by atoms with E-state index in [2.05, 4.69) is 55.2 Å². The van der Waals surface area contributed by atoms with Crippen molar-refractivity contribution in [2.24, 2.45) is 0 Å². The van der Waals surface area contributed by atoms with Crippen LogP contribution in [0.4, 0.5) is 0 Å². The number of pyridine rings is 1. The van der Waals surface area contributed by atoms with E-state index >= 15 is 0 Å². The molecule has 0 spiro atoms. The van der Waals surface area contributed by atoms with Crippen molar-refractivity contribution in [1.29, 1.82) is 0 Å². The fourth-order valence-electron chi connectivity index (χ4n) is 3.45. The predicted octanol–water partition coefficient (Wildman–Crippen LogP) is 5.71. The molecule has 2 aromatic carbocycles. The first-order chi connectivity index (χ1) is 10.6. The first-order valence-corrected chi connectivity index (χ1v) is 7.80. The molecule has 0 radical (unpaired) electrons. The van der Waals surface area contributed by atoms with Crippen LogP contribution in [0.25, 0.3) is 22.3 Å². The molecular formula is C20H16ClN. The average Bonchev–Trinajstić information content (AvgIpc) is 2.75. The van der Waals surface area contributed by atoms with Gasteiger partial charge in [0.05, 0.1) is 0 Å². The van der Waals surface area contributed by atoms with Gasteiger partial charge in [-0.2, -0.15) is 0 Å². The maximum atomic E-state index is 6.23. The second-order valence-corrected chi connectivity index (χ2v) is 6.75. The summed E-state index contributed by atoms with van der Waals surface area (Å²) >= 11 is 6.23. The van der Waals surface area contributed by atoms with Crippen LogP contribution in [0.15, 0.2) is 60.9 Å². The molecule has 4 rings (SSSR count). The third kappa shape index (κ3) is 1.89. The summed E-state index contributed by atoms with van der Waals surface area (Å²) in [5.41, 5.74) is 7.58. The molecule has 0 saturated carbocycles. The maximum Gasteiger partial charge on any atom is 0.0412 e. The van der Waals surface area contributed by atoms with Crippen LogP contribution in [-0.4, -0.2) is 4.98 Å². The summed E-state index contributed by atoms with van der Waals surface area (Å²) < 4.78 is 0. The topological polar surface area (TPSA) is 12.9 Å². The van der Waals surface area contributed by atoms with Crippen LogP contribution in [0.3, 0.4) is 0 Å². The Morgan fingerprint density at radius 3 is 2.32 bits per heavy atom. The SMILES string of the molecule is CC1(C)c2ccc(Cl)cc2-c2cc(-c3cccnc3)ccc21. The number of nitrogens with zero attached hydrogens (tertiary/aromatic N) is 1. The Morgan fingerprint density at radius 1 is 0.864 bits per heavy atom. The normalized spacial score (nSPS) is 14.5. The Hall–Kier alpha value is -2.12. The third-order valence-corrected chi connectivity index (χ3v) is 4.87. The Kier molecular flexibility index (Phi) is 2.88. The van der Waals surface area contributed by atoms with Crippen molar-refractivity contribution >= 4 is 11.6 Å². The second kappa shape index (κ2) is 4.69. The number of hydrogen-bond donors (Lipinski definition) is 0. The van der Waals surface area contributed by atoms with Crippen molar-refractivity contribution in [3.8, 4) is 22.3 Å². The quantitative estimate of drug-likeness (QED) is 0.561. The highest BCUT2D eigenvalue weighted by atomic mass is 35.5. The molecule has 0 aliphatic heterocycles. The van der Waals surface area contributed by atoms with Crippen molar-refractivity contribution < 1.29 is 0 Å². The van der Waals surface area contributed by atoms with Gasteiger partial charge in [0.25, 0.3) is 0 Å². The Labute approximate surface area is 135 Å². The lowest BCUT2D eigenvalue weighted by Crippen LogP contribution is -2.14. The Balaban J connectivity index is 1.97. The van der Waals surface area contributed by atoms with E-state index in [1.165, 1.54) is 27.8 Å². The molecule has 0 saturated heterocycles. The Morgan fingerprint density at radius 2 is 1.59 bits per heavy atom. The smallest absolute Gasteiger partial charge is 0.0412 e. The van der Waals surface area contributed by atoms with Gasteiger partial charge in [-0.15, -0.1) is 0 Å². The summed E-state index contributed by atoms with van der Waals surface area (Å²) in [7, 11) is 0. The van der Waals surface area contributed by atoms with Crippen LogP contribution in [-0.2, 0) is 5.41 Å². The van der Waals surface area contributed by atoms with Crippen LogP contribution in [0.2, 0.25) is 5.02 Å². The molecule has 2 heteroatoms. The van der Waals surface area contributed by atoms with Crippen molar-refractivity contribution in [2.75, 3.05) is 0 Å². The van der Waals surface area contributed by atoms with Gasteiger partial charge in [0.2, 0.25) is 0 Å². The number of aromatic nitrogens is 1. The van der Waals surface area contributed by atoms with Crippen molar-refractivity contribution in [3.05, 3.63) is 77.1 Å². The fourth-order valence-corrected chi connectivity index (χ4v) is 3.63. The number of hydrogen-bond acceptors (Lipinski definition) is 1. The van der Waals surface area contributed by atoms with Gasteiger partial charge in [-0.05, 0) is 52.1 Å². The van der Waals surface area contributed by atoms with Gasteiger partial charge in [0.15, 0.2) is 0 Å².